The first kappa shape index (κ1) is 10.9. The summed E-state index contributed by atoms with van der Waals surface area (Å²) < 4.78 is 24.2. The van der Waals surface area contributed by atoms with Crippen LogP contribution in [0.4, 0.5) is 0 Å². The summed E-state index contributed by atoms with van der Waals surface area (Å²) >= 11 is 0. The van der Waals surface area contributed by atoms with Crippen molar-refractivity contribution < 1.29 is 18.1 Å². The Hall–Kier alpha value is -1.93. The predicted molar refractivity (Wildman–Crippen MR) is 74.3 cm³/mol. The zero-order valence-corrected chi connectivity index (χ0v) is 11.5. The van der Waals surface area contributed by atoms with Crippen molar-refractivity contribution in [1.82, 2.24) is 0 Å². The fourth-order valence-corrected chi connectivity index (χ4v) is 5.70. The minimum atomic E-state index is -3.87. The second kappa shape index (κ2) is 3.34. The average Bonchev–Trinajstić information content (AvgIpc) is 2.94. The van der Waals surface area contributed by atoms with Crippen LogP contribution < -0.4 is 18.1 Å². The molecule has 0 N–H and O–H groups in total. The van der Waals surface area contributed by atoms with Gasteiger partial charge in [-0.3, -0.25) is 0 Å². The van der Waals surface area contributed by atoms with Gasteiger partial charge in [0.1, 0.15) is 0 Å². The molecule has 2 aromatic rings. The van der Waals surface area contributed by atoms with Crippen molar-refractivity contribution in [3.8, 4) is 23.0 Å². The van der Waals surface area contributed by atoms with E-state index in [4.69, 9.17) is 18.1 Å². The Kier molecular flexibility index (Phi) is 1.92. The van der Waals surface area contributed by atoms with Crippen molar-refractivity contribution in [2.75, 3.05) is 6.16 Å². The molecular formula is C14H14O4P-. The maximum atomic E-state index is 6.06. The van der Waals surface area contributed by atoms with Crippen LogP contribution in [0.15, 0.2) is 48.5 Å². The third kappa shape index (κ3) is 1.38. The Morgan fingerprint density at radius 2 is 1.00 bits per heavy atom. The first-order valence-electron chi connectivity index (χ1n) is 6.35. The molecule has 0 unspecified atom stereocenters. The van der Waals surface area contributed by atoms with E-state index in [9.17, 15) is 0 Å². The van der Waals surface area contributed by atoms with Gasteiger partial charge < -0.3 is 0 Å². The van der Waals surface area contributed by atoms with Crippen molar-refractivity contribution in [3.63, 3.8) is 0 Å². The molecule has 2 aliphatic rings. The van der Waals surface area contributed by atoms with Gasteiger partial charge in [0.05, 0.1) is 0 Å². The monoisotopic (exact) mass is 277 g/mol. The van der Waals surface area contributed by atoms with E-state index >= 15 is 0 Å². The topological polar surface area (TPSA) is 36.9 Å². The quantitative estimate of drug-likeness (QED) is 0.741. The van der Waals surface area contributed by atoms with E-state index < -0.39 is 7.51 Å². The molecule has 0 saturated carbocycles. The van der Waals surface area contributed by atoms with E-state index in [-0.39, 0.29) is 0 Å². The molecule has 0 fully saturated rings. The second-order valence-corrected chi connectivity index (χ2v) is 8.41. The number of benzene rings is 2. The number of hydrogen-bond acceptors (Lipinski definition) is 4. The Labute approximate surface area is 111 Å². The summed E-state index contributed by atoms with van der Waals surface area (Å²) in [5.41, 5.74) is 0. The summed E-state index contributed by atoms with van der Waals surface area (Å²) in [6.07, 6.45) is 0.545. The molecule has 2 aromatic carbocycles. The maximum absolute atomic E-state index is 6.06. The molecule has 0 saturated heterocycles. The molecule has 0 radical (unpaired) electrons. The Morgan fingerprint density at radius 1 is 0.684 bits per heavy atom. The number of fused-ring (bicyclic) bond motifs is 2. The van der Waals surface area contributed by atoms with Gasteiger partial charge in [0.25, 0.3) is 0 Å². The van der Waals surface area contributed by atoms with Crippen molar-refractivity contribution in [2.45, 2.75) is 6.92 Å². The fraction of sp³-hybridized carbons (Fsp3) is 0.143. The van der Waals surface area contributed by atoms with E-state index in [2.05, 4.69) is 0 Å². The van der Waals surface area contributed by atoms with E-state index in [1.165, 1.54) is 0 Å². The van der Waals surface area contributed by atoms with Crippen LogP contribution in [0.2, 0.25) is 0 Å². The van der Waals surface area contributed by atoms with E-state index in [0.717, 1.165) is 0 Å². The molecule has 4 rings (SSSR count). The van der Waals surface area contributed by atoms with Gasteiger partial charge in [-0.2, -0.15) is 0 Å². The summed E-state index contributed by atoms with van der Waals surface area (Å²) in [6, 6.07) is 15.1. The summed E-state index contributed by atoms with van der Waals surface area (Å²) in [6.45, 7) is 1.96. The number of para-hydroxylation sites is 4. The first-order chi connectivity index (χ1) is 9.22. The third-order valence-electron chi connectivity index (χ3n) is 3.50. The van der Waals surface area contributed by atoms with Gasteiger partial charge in [-0.15, -0.1) is 0 Å². The average molecular weight is 277 g/mol. The van der Waals surface area contributed by atoms with Crippen LogP contribution in [0.3, 0.4) is 0 Å². The zero-order valence-electron chi connectivity index (χ0n) is 10.5. The molecule has 100 valence electrons. The van der Waals surface area contributed by atoms with Gasteiger partial charge in [0.2, 0.25) is 0 Å². The van der Waals surface area contributed by atoms with Crippen LogP contribution in [-0.4, -0.2) is 6.16 Å². The molecule has 19 heavy (non-hydrogen) atoms. The molecule has 0 atom stereocenters. The van der Waals surface area contributed by atoms with E-state index in [1.54, 1.807) is 0 Å². The van der Waals surface area contributed by atoms with Crippen molar-refractivity contribution >= 4 is 7.51 Å². The van der Waals surface area contributed by atoms with Gasteiger partial charge in [-0.25, -0.2) is 0 Å². The van der Waals surface area contributed by atoms with Crippen LogP contribution in [0, 0.1) is 0 Å². The summed E-state index contributed by atoms with van der Waals surface area (Å²) in [5, 5.41) is 0. The van der Waals surface area contributed by atoms with Gasteiger partial charge in [-0.1, -0.05) is 0 Å². The van der Waals surface area contributed by atoms with Crippen molar-refractivity contribution in [1.29, 1.82) is 0 Å². The molecule has 1 spiro atoms. The molecule has 0 aliphatic carbocycles. The Bertz CT molecular complexity index is 557. The predicted octanol–water partition coefficient (Wildman–Crippen LogP) is 3.89. The zero-order chi connectivity index (χ0) is 12.9. The van der Waals surface area contributed by atoms with Crippen LogP contribution in [0.5, 0.6) is 23.0 Å². The van der Waals surface area contributed by atoms with E-state index in [0.29, 0.717) is 29.2 Å². The van der Waals surface area contributed by atoms with Crippen molar-refractivity contribution in [2.24, 2.45) is 0 Å². The fourth-order valence-electron chi connectivity index (χ4n) is 2.50. The first-order valence-corrected chi connectivity index (χ1v) is 8.69. The van der Waals surface area contributed by atoms with Crippen molar-refractivity contribution in [3.05, 3.63) is 48.5 Å². The Balaban J connectivity index is 1.83. The minimum absolute atomic E-state index is 0.545. The SMILES string of the molecule is CC[PH-]12(Oc3ccccc3O1)Oc1ccccc1O2. The Morgan fingerprint density at radius 3 is 1.26 bits per heavy atom. The van der Waals surface area contributed by atoms with Crippen LogP contribution in [-0.2, 0) is 0 Å². The molecule has 4 nitrogen and oxygen atoms in total. The second-order valence-electron chi connectivity index (χ2n) is 4.73. The van der Waals surface area contributed by atoms with Crippen LogP contribution >= 0.6 is 7.51 Å². The summed E-state index contributed by atoms with van der Waals surface area (Å²) in [5.74, 6) is 2.74. The molecule has 2 heterocycles. The van der Waals surface area contributed by atoms with Crippen LogP contribution in [0.25, 0.3) is 0 Å². The number of rotatable bonds is 1. The van der Waals surface area contributed by atoms with E-state index in [1.807, 2.05) is 55.5 Å². The summed E-state index contributed by atoms with van der Waals surface area (Å²) in [7, 11) is -3.87. The molecule has 0 bridgehead atoms. The van der Waals surface area contributed by atoms with Gasteiger partial charge in [0.15, 0.2) is 0 Å². The summed E-state index contributed by atoms with van der Waals surface area (Å²) in [4.78, 5) is 0. The van der Waals surface area contributed by atoms with Gasteiger partial charge in [-0.05, 0) is 0 Å². The number of hydrogen-bond donors (Lipinski definition) is 0. The third-order valence-corrected chi connectivity index (χ3v) is 7.12. The molecule has 0 amide bonds. The molecular weight excluding hydrogens is 263 g/mol. The van der Waals surface area contributed by atoms with Gasteiger partial charge in [0, 0.05) is 0 Å². The molecule has 2 aliphatic heterocycles. The van der Waals surface area contributed by atoms with Gasteiger partial charge >= 0.3 is 110 Å². The standard InChI is InChI=1S/C14H14O4P/c1-2-19(15-11-7-3-4-8-12(11)16-19)17-13-9-5-6-10-14(13)18-19/h3-10,19H,2H2,1H3/q-1. The molecule has 5 heteroatoms. The normalized spacial score (nSPS) is 21.8. The molecule has 0 aromatic heterocycles. The van der Waals surface area contributed by atoms with Crippen LogP contribution in [0.1, 0.15) is 6.92 Å².